The molecule has 3 saturated carbocycles. The Labute approximate surface area is 165 Å². The molecule has 7 rings (SSSR count). The van der Waals surface area contributed by atoms with E-state index in [4.69, 9.17) is 0 Å². The lowest BCUT2D eigenvalue weighted by molar-refractivity contribution is -0.123. The molecule has 0 radical (unpaired) electrons. The van der Waals surface area contributed by atoms with Gasteiger partial charge in [-0.1, -0.05) is 40.5 Å². The standard InChI is InChI=1S/C25H25NO2/c27-24-22-20-17(13-6-4-5-7-13)21(19-15-11-10-14(12-15)18(19)20)23(22)25(28)26(24)16-8-2-1-3-9-16/h1-3,8-9,14-15,20-23H,4-7,10-12H2. The van der Waals surface area contributed by atoms with Crippen molar-refractivity contribution in [2.24, 2.45) is 35.5 Å². The molecule has 142 valence electrons. The van der Waals surface area contributed by atoms with Gasteiger partial charge in [0.2, 0.25) is 11.8 Å². The van der Waals surface area contributed by atoms with Crippen molar-refractivity contribution in [1.82, 2.24) is 0 Å². The molecule has 2 amide bonds. The predicted octanol–water partition coefficient (Wildman–Crippen LogP) is 4.65. The first-order chi connectivity index (χ1) is 13.8. The van der Waals surface area contributed by atoms with Crippen LogP contribution in [0.5, 0.6) is 0 Å². The fourth-order valence-corrected chi connectivity index (χ4v) is 7.96. The van der Waals surface area contributed by atoms with Crippen LogP contribution in [-0.2, 0) is 9.59 Å². The van der Waals surface area contributed by atoms with Crippen LogP contribution in [0.1, 0.15) is 44.9 Å². The molecule has 4 fully saturated rings. The molecule has 1 saturated heterocycles. The molecule has 6 aliphatic rings. The molecule has 1 aromatic carbocycles. The van der Waals surface area contributed by atoms with E-state index in [1.165, 1.54) is 49.8 Å². The number of carbonyl (C=O) groups excluding carboxylic acids is 2. The van der Waals surface area contributed by atoms with Gasteiger partial charge >= 0.3 is 0 Å². The first-order valence-corrected chi connectivity index (χ1v) is 11.1. The number of amides is 2. The molecule has 3 nitrogen and oxygen atoms in total. The lowest BCUT2D eigenvalue weighted by Crippen LogP contribution is -2.33. The number of fused-ring (bicyclic) bond motifs is 11. The quantitative estimate of drug-likeness (QED) is 0.409. The molecule has 0 aromatic heterocycles. The van der Waals surface area contributed by atoms with Crippen molar-refractivity contribution in [2.75, 3.05) is 4.90 Å². The molecule has 1 heterocycles. The maximum Gasteiger partial charge on any atom is 0.238 e. The van der Waals surface area contributed by atoms with Crippen LogP contribution in [0.2, 0.25) is 0 Å². The van der Waals surface area contributed by atoms with Crippen molar-refractivity contribution in [3.05, 3.63) is 52.6 Å². The monoisotopic (exact) mass is 371 g/mol. The smallest absolute Gasteiger partial charge is 0.238 e. The third kappa shape index (κ3) is 1.69. The van der Waals surface area contributed by atoms with Gasteiger partial charge in [-0.15, -0.1) is 0 Å². The minimum atomic E-state index is -0.126. The number of para-hydroxylation sites is 1. The van der Waals surface area contributed by atoms with Crippen molar-refractivity contribution in [3.63, 3.8) is 0 Å². The number of nitrogens with zero attached hydrogens (tertiary/aromatic N) is 1. The number of benzene rings is 1. The summed E-state index contributed by atoms with van der Waals surface area (Å²) in [6.45, 7) is 0. The van der Waals surface area contributed by atoms with Gasteiger partial charge in [0.05, 0.1) is 17.5 Å². The highest BCUT2D eigenvalue weighted by atomic mass is 16.2. The van der Waals surface area contributed by atoms with Crippen molar-refractivity contribution >= 4 is 17.5 Å². The third-order valence-corrected chi connectivity index (χ3v) is 8.73. The molecule has 6 atom stereocenters. The highest BCUT2D eigenvalue weighted by molar-refractivity contribution is 6.23. The highest BCUT2D eigenvalue weighted by Gasteiger charge is 2.69. The van der Waals surface area contributed by atoms with Gasteiger partial charge in [-0.3, -0.25) is 9.59 Å². The molecule has 3 heteroatoms. The fourth-order valence-electron chi connectivity index (χ4n) is 7.96. The SMILES string of the molecule is O=C1C2C3C4=C(C5CCC4C5)C(C3=C3CCCC3)C2C(=O)N1c1ccccc1. The number of allylic oxidation sites excluding steroid dienone is 4. The van der Waals surface area contributed by atoms with E-state index >= 15 is 0 Å². The third-order valence-electron chi connectivity index (χ3n) is 8.73. The molecule has 1 aliphatic heterocycles. The zero-order valence-corrected chi connectivity index (χ0v) is 16.1. The largest absolute Gasteiger partial charge is 0.274 e. The lowest BCUT2D eigenvalue weighted by atomic mass is 9.72. The van der Waals surface area contributed by atoms with Gasteiger partial charge in [-0.2, -0.15) is 0 Å². The summed E-state index contributed by atoms with van der Waals surface area (Å²) in [7, 11) is 0. The molecule has 6 unspecified atom stereocenters. The minimum absolute atomic E-state index is 0.0686. The van der Waals surface area contributed by atoms with Gasteiger partial charge in [-0.25, -0.2) is 4.90 Å². The summed E-state index contributed by atoms with van der Waals surface area (Å²) in [5, 5.41) is 0. The lowest BCUT2D eigenvalue weighted by Gasteiger charge is -2.28. The second-order valence-electron chi connectivity index (χ2n) is 9.74. The Bertz CT molecular complexity index is 931. The van der Waals surface area contributed by atoms with E-state index in [0.29, 0.717) is 11.8 Å². The summed E-state index contributed by atoms with van der Waals surface area (Å²) in [5.41, 5.74) is 7.19. The maximum atomic E-state index is 13.6. The number of hydrogen-bond acceptors (Lipinski definition) is 2. The van der Waals surface area contributed by atoms with Gasteiger partial charge in [0.25, 0.3) is 0 Å². The summed E-state index contributed by atoms with van der Waals surface area (Å²) in [6, 6.07) is 9.58. The Morgan fingerprint density at radius 3 is 1.89 bits per heavy atom. The van der Waals surface area contributed by atoms with Crippen LogP contribution in [0.25, 0.3) is 0 Å². The number of imide groups is 1. The van der Waals surface area contributed by atoms with E-state index in [1.54, 1.807) is 22.3 Å². The number of rotatable bonds is 1. The first-order valence-electron chi connectivity index (χ1n) is 11.1. The van der Waals surface area contributed by atoms with Gasteiger partial charge in [0, 0.05) is 11.8 Å². The Morgan fingerprint density at radius 2 is 1.32 bits per heavy atom. The summed E-state index contributed by atoms with van der Waals surface area (Å²) >= 11 is 0. The van der Waals surface area contributed by atoms with E-state index in [2.05, 4.69) is 0 Å². The van der Waals surface area contributed by atoms with Crippen LogP contribution in [0.15, 0.2) is 52.6 Å². The molecule has 4 bridgehead atoms. The average molecular weight is 371 g/mol. The number of anilines is 1. The maximum absolute atomic E-state index is 13.6. The Morgan fingerprint density at radius 1 is 0.750 bits per heavy atom. The zero-order valence-electron chi connectivity index (χ0n) is 16.1. The molecule has 1 aromatic rings. The molecule has 0 spiro atoms. The second kappa shape index (κ2) is 5.25. The summed E-state index contributed by atoms with van der Waals surface area (Å²) in [5.74, 6) is 1.80. The molecule has 28 heavy (non-hydrogen) atoms. The van der Waals surface area contributed by atoms with Gasteiger partial charge < -0.3 is 0 Å². The van der Waals surface area contributed by atoms with E-state index in [1.807, 2.05) is 30.3 Å². The van der Waals surface area contributed by atoms with E-state index in [9.17, 15) is 9.59 Å². The van der Waals surface area contributed by atoms with Crippen LogP contribution >= 0.6 is 0 Å². The van der Waals surface area contributed by atoms with E-state index in [0.717, 1.165) is 5.69 Å². The summed E-state index contributed by atoms with van der Waals surface area (Å²) in [4.78, 5) is 28.7. The predicted molar refractivity (Wildman–Crippen MR) is 106 cm³/mol. The van der Waals surface area contributed by atoms with Crippen LogP contribution in [-0.4, -0.2) is 11.8 Å². The second-order valence-corrected chi connectivity index (χ2v) is 9.74. The van der Waals surface area contributed by atoms with Crippen LogP contribution in [0.4, 0.5) is 5.69 Å². The minimum Gasteiger partial charge on any atom is -0.274 e. The van der Waals surface area contributed by atoms with Gasteiger partial charge in [0.15, 0.2) is 0 Å². The Balaban J connectivity index is 1.39. The molecular weight excluding hydrogens is 346 g/mol. The van der Waals surface area contributed by atoms with Crippen molar-refractivity contribution in [1.29, 1.82) is 0 Å². The first kappa shape index (κ1) is 15.7. The fraction of sp³-hybridized carbons (Fsp3) is 0.520. The van der Waals surface area contributed by atoms with Crippen molar-refractivity contribution < 1.29 is 9.59 Å². The topological polar surface area (TPSA) is 37.4 Å². The van der Waals surface area contributed by atoms with E-state index in [-0.39, 0.29) is 35.5 Å². The van der Waals surface area contributed by atoms with Crippen molar-refractivity contribution in [2.45, 2.75) is 44.9 Å². The normalized spacial score (nSPS) is 40.4. The Kier molecular flexibility index (Phi) is 2.95. The molecule has 0 N–H and O–H groups in total. The number of hydrogen-bond donors (Lipinski definition) is 0. The van der Waals surface area contributed by atoms with Gasteiger partial charge in [0.1, 0.15) is 0 Å². The number of carbonyl (C=O) groups is 2. The van der Waals surface area contributed by atoms with Crippen LogP contribution in [0, 0.1) is 35.5 Å². The van der Waals surface area contributed by atoms with Crippen LogP contribution < -0.4 is 4.90 Å². The van der Waals surface area contributed by atoms with Gasteiger partial charge in [-0.05, 0) is 68.9 Å². The van der Waals surface area contributed by atoms with E-state index < -0.39 is 0 Å². The van der Waals surface area contributed by atoms with Crippen molar-refractivity contribution in [3.8, 4) is 0 Å². The average Bonchev–Trinajstić information content (AvgIpc) is 3.52. The molecule has 5 aliphatic carbocycles. The van der Waals surface area contributed by atoms with Crippen LogP contribution in [0.3, 0.4) is 0 Å². The Hall–Kier alpha value is -2.16. The molecular formula is C25H25NO2. The zero-order chi connectivity index (χ0) is 18.6. The highest BCUT2D eigenvalue weighted by Crippen LogP contribution is 2.71. The summed E-state index contributed by atoms with van der Waals surface area (Å²) in [6.07, 6.45) is 8.86. The summed E-state index contributed by atoms with van der Waals surface area (Å²) < 4.78 is 0.